The summed E-state index contributed by atoms with van der Waals surface area (Å²) in [5, 5.41) is 53.3. The number of benzene rings is 1. The van der Waals surface area contributed by atoms with Gasteiger partial charge in [-0.05, 0) is 11.6 Å². The number of para-hydroxylation sites is 1. The van der Waals surface area contributed by atoms with Gasteiger partial charge < -0.3 is 46.2 Å². The quantitative estimate of drug-likeness (QED) is 0.232. The lowest BCUT2D eigenvalue weighted by molar-refractivity contribution is -0.138. The maximum atomic E-state index is 10.6. The first kappa shape index (κ1) is 22.7. The minimum atomic E-state index is -1.79. The first-order valence-electron chi connectivity index (χ1n) is 8.04. The van der Waals surface area contributed by atoms with E-state index in [-0.39, 0.29) is 6.29 Å². The third-order valence-electron chi connectivity index (χ3n) is 3.85. The predicted octanol–water partition coefficient (Wildman–Crippen LogP) is -2.26. The van der Waals surface area contributed by atoms with Gasteiger partial charge in [0.25, 0.3) is 0 Å². The van der Waals surface area contributed by atoms with Gasteiger partial charge in [0.2, 0.25) is 0 Å². The zero-order valence-corrected chi connectivity index (χ0v) is 14.3. The molecule has 150 valence electrons. The van der Waals surface area contributed by atoms with E-state index in [0.717, 1.165) is 16.5 Å². The predicted molar refractivity (Wildman–Crippen MR) is 94.8 cm³/mol. The SMILES string of the molecule is NC(Cc1c[nH]c2ccccc12)C(=O)O.O=C[C@H](O)[C@@H](O)[C@H](O)[C@H](O)CO. The van der Waals surface area contributed by atoms with Crippen molar-refractivity contribution in [1.29, 1.82) is 0 Å². The van der Waals surface area contributed by atoms with Gasteiger partial charge in [-0.3, -0.25) is 4.79 Å². The minimum absolute atomic E-state index is 0.0258. The Labute approximate surface area is 154 Å². The number of hydrogen-bond donors (Lipinski definition) is 8. The molecule has 0 fully saturated rings. The highest BCUT2D eigenvalue weighted by atomic mass is 16.4. The van der Waals surface area contributed by atoms with Crippen LogP contribution in [-0.4, -0.2) is 84.9 Å². The monoisotopic (exact) mass is 384 g/mol. The largest absolute Gasteiger partial charge is 0.480 e. The van der Waals surface area contributed by atoms with Crippen LogP contribution in [0.15, 0.2) is 30.5 Å². The van der Waals surface area contributed by atoms with Gasteiger partial charge in [-0.2, -0.15) is 0 Å². The maximum Gasteiger partial charge on any atom is 0.320 e. The Kier molecular flexibility index (Phi) is 9.02. The number of carboxylic acids is 1. The van der Waals surface area contributed by atoms with Crippen molar-refractivity contribution in [3.8, 4) is 0 Å². The minimum Gasteiger partial charge on any atom is -0.480 e. The van der Waals surface area contributed by atoms with E-state index in [4.69, 9.17) is 36.4 Å². The number of carboxylic acid groups (broad SMARTS) is 1. The number of aldehydes is 1. The molecule has 5 atom stereocenters. The molecule has 9 N–H and O–H groups in total. The number of aliphatic hydroxyl groups excluding tert-OH is 5. The molecule has 0 saturated carbocycles. The summed E-state index contributed by atoms with van der Waals surface area (Å²) < 4.78 is 0. The lowest BCUT2D eigenvalue weighted by Crippen LogP contribution is -2.46. The van der Waals surface area contributed by atoms with Crippen LogP contribution < -0.4 is 5.73 Å². The van der Waals surface area contributed by atoms with Crippen LogP contribution in [0.2, 0.25) is 0 Å². The molecule has 1 unspecified atom stereocenters. The number of aliphatic carboxylic acids is 1. The van der Waals surface area contributed by atoms with E-state index < -0.39 is 43.0 Å². The van der Waals surface area contributed by atoms with Crippen molar-refractivity contribution in [2.24, 2.45) is 5.73 Å². The van der Waals surface area contributed by atoms with Crippen molar-refractivity contribution < 1.29 is 40.2 Å². The molecule has 0 radical (unpaired) electrons. The van der Waals surface area contributed by atoms with Gasteiger partial charge in [-0.25, -0.2) is 0 Å². The van der Waals surface area contributed by atoms with Crippen LogP contribution >= 0.6 is 0 Å². The number of carbonyl (C=O) groups excluding carboxylic acids is 1. The Morgan fingerprint density at radius 3 is 2.33 bits per heavy atom. The average Bonchev–Trinajstić information content (AvgIpc) is 3.08. The summed E-state index contributed by atoms with van der Waals surface area (Å²) in [4.78, 5) is 23.6. The Bertz CT molecular complexity index is 735. The molecule has 0 aliphatic heterocycles. The van der Waals surface area contributed by atoms with E-state index >= 15 is 0 Å². The number of carbonyl (C=O) groups is 2. The highest BCUT2D eigenvalue weighted by Crippen LogP contribution is 2.18. The third-order valence-corrected chi connectivity index (χ3v) is 3.85. The first-order valence-corrected chi connectivity index (χ1v) is 8.04. The Hall–Kier alpha value is -2.34. The number of aromatic amines is 1. The molecule has 1 aromatic carbocycles. The standard InChI is InChI=1S/C11H12N2O2.C6H12O6/c12-9(11(14)15)5-7-6-13-10-4-2-1-3-8(7)10;7-1-3(9)5(11)6(12)4(10)2-8/h1-4,6,9,13H,5,12H2,(H,14,15);1,3-6,8-12H,2H2/t;3-,4+,5+,6+/m.0/s1. The smallest absolute Gasteiger partial charge is 0.320 e. The number of aliphatic hydroxyl groups is 5. The molecule has 0 bridgehead atoms. The molecule has 0 spiro atoms. The van der Waals surface area contributed by atoms with Crippen molar-refractivity contribution in [3.05, 3.63) is 36.0 Å². The zero-order valence-electron chi connectivity index (χ0n) is 14.3. The molecule has 2 rings (SSSR count). The second-order valence-electron chi connectivity index (χ2n) is 5.87. The molecule has 27 heavy (non-hydrogen) atoms. The highest BCUT2D eigenvalue weighted by molar-refractivity contribution is 5.84. The lowest BCUT2D eigenvalue weighted by atomic mass is 10.0. The van der Waals surface area contributed by atoms with Crippen LogP contribution in [0.1, 0.15) is 5.56 Å². The van der Waals surface area contributed by atoms with E-state index in [0.29, 0.717) is 6.42 Å². The van der Waals surface area contributed by atoms with Gasteiger partial charge in [0, 0.05) is 23.5 Å². The second kappa shape index (κ2) is 10.7. The number of H-pyrrole nitrogens is 1. The molecule has 2 aromatic rings. The molecule has 10 heteroatoms. The van der Waals surface area contributed by atoms with Gasteiger partial charge in [0.05, 0.1) is 6.61 Å². The Balaban J connectivity index is 0.000000279. The summed E-state index contributed by atoms with van der Waals surface area (Å²) in [6.07, 6.45) is -4.68. The number of rotatable bonds is 8. The van der Waals surface area contributed by atoms with Crippen LogP contribution in [-0.2, 0) is 16.0 Å². The number of aromatic nitrogens is 1. The lowest BCUT2D eigenvalue weighted by Gasteiger charge is -2.22. The molecule has 1 heterocycles. The van der Waals surface area contributed by atoms with Gasteiger partial charge in [-0.15, -0.1) is 0 Å². The first-order chi connectivity index (χ1) is 12.7. The molecular weight excluding hydrogens is 360 g/mol. The molecule has 0 saturated heterocycles. The van der Waals surface area contributed by atoms with Crippen LogP contribution in [0.3, 0.4) is 0 Å². The van der Waals surface area contributed by atoms with Crippen LogP contribution in [0.5, 0.6) is 0 Å². The van der Waals surface area contributed by atoms with E-state index in [1.807, 2.05) is 30.5 Å². The highest BCUT2D eigenvalue weighted by Gasteiger charge is 2.29. The van der Waals surface area contributed by atoms with Crippen molar-refractivity contribution in [3.63, 3.8) is 0 Å². The normalized spacial score (nSPS) is 16.5. The van der Waals surface area contributed by atoms with Crippen molar-refractivity contribution >= 4 is 23.2 Å². The summed E-state index contributed by atoms with van der Waals surface area (Å²) in [6, 6.07) is 6.91. The summed E-state index contributed by atoms with van der Waals surface area (Å²) in [7, 11) is 0. The number of nitrogens with two attached hydrogens (primary N) is 1. The van der Waals surface area contributed by atoms with Crippen molar-refractivity contribution in [2.75, 3.05) is 6.61 Å². The Morgan fingerprint density at radius 2 is 1.78 bits per heavy atom. The van der Waals surface area contributed by atoms with Gasteiger partial charge in [0.15, 0.2) is 6.29 Å². The van der Waals surface area contributed by atoms with E-state index in [2.05, 4.69) is 4.98 Å². The summed E-state index contributed by atoms with van der Waals surface area (Å²) in [6.45, 7) is -0.760. The molecule has 0 aliphatic rings. The van der Waals surface area contributed by atoms with Gasteiger partial charge in [-0.1, -0.05) is 18.2 Å². The Morgan fingerprint density at radius 1 is 1.15 bits per heavy atom. The van der Waals surface area contributed by atoms with Crippen LogP contribution in [0.4, 0.5) is 0 Å². The number of nitrogens with one attached hydrogen (secondary N) is 1. The molecule has 1 aromatic heterocycles. The summed E-state index contributed by atoms with van der Waals surface area (Å²) >= 11 is 0. The number of fused-ring (bicyclic) bond motifs is 1. The average molecular weight is 384 g/mol. The van der Waals surface area contributed by atoms with E-state index in [1.54, 1.807) is 0 Å². The molecular formula is C17H24N2O8. The topological polar surface area (TPSA) is 197 Å². The fraction of sp³-hybridized carbons (Fsp3) is 0.412. The number of hydrogen-bond acceptors (Lipinski definition) is 8. The second-order valence-corrected chi connectivity index (χ2v) is 5.87. The summed E-state index contributed by atoms with van der Waals surface area (Å²) in [5.74, 6) is -0.972. The fourth-order valence-corrected chi connectivity index (χ4v) is 2.24. The van der Waals surface area contributed by atoms with Crippen LogP contribution in [0.25, 0.3) is 10.9 Å². The van der Waals surface area contributed by atoms with E-state index in [1.165, 1.54) is 0 Å². The molecule has 10 nitrogen and oxygen atoms in total. The van der Waals surface area contributed by atoms with Gasteiger partial charge in [0.1, 0.15) is 30.5 Å². The fourth-order valence-electron chi connectivity index (χ4n) is 2.24. The van der Waals surface area contributed by atoms with Crippen molar-refractivity contribution in [2.45, 2.75) is 36.9 Å². The summed E-state index contributed by atoms with van der Waals surface area (Å²) in [5.41, 5.74) is 7.43. The molecule has 0 amide bonds. The van der Waals surface area contributed by atoms with Gasteiger partial charge >= 0.3 is 5.97 Å². The third kappa shape index (κ3) is 6.40. The molecule has 0 aliphatic carbocycles. The van der Waals surface area contributed by atoms with E-state index in [9.17, 15) is 9.59 Å². The van der Waals surface area contributed by atoms with Crippen molar-refractivity contribution in [1.82, 2.24) is 4.98 Å². The maximum absolute atomic E-state index is 10.6. The zero-order chi connectivity index (χ0) is 20.6. The van der Waals surface area contributed by atoms with Crippen LogP contribution in [0, 0.1) is 0 Å².